The number of halogens is 3. The standard InChI is InChI=1S/C30H37Cl2FN2O4/c1-29(2,3)17-24-30(20-12-11-18(31)16-22(20)34-28(30)37)25(19-8-6-9-21(32)26(19)33)27(35(24)4)23(36)10-7-13-39-15-14-38-5/h6,8-9,11-12,16,24-25,27H,7,10,13-15,17H2,1-5H3,(H,34,37)/t24-,25+,27+,30+/m1/s1. The van der Waals surface area contributed by atoms with Gasteiger partial charge in [-0.2, -0.15) is 0 Å². The number of likely N-dealkylation sites (tertiary alicyclic amines) is 1. The van der Waals surface area contributed by atoms with Gasteiger partial charge in [0.15, 0.2) is 5.78 Å². The number of hydrogen-bond acceptors (Lipinski definition) is 5. The van der Waals surface area contributed by atoms with Crippen LogP contribution in [-0.2, 0) is 24.5 Å². The smallest absolute Gasteiger partial charge is 0.237 e. The molecule has 6 nitrogen and oxygen atoms in total. The van der Waals surface area contributed by atoms with Gasteiger partial charge in [-0.1, -0.05) is 62.2 Å². The average Bonchev–Trinajstić information content (AvgIpc) is 3.28. The second-order valence-electron chi connectivity index (χ2n) is 11.7. The van der Waals surface area contributed by atoms with Crippen LogP contribution in [0.2, 0.25) is 10.0 Å². The Morgan fingerprint density at radius 3 is 2.59 bits per heavy atom. The minimum absolute atomic E-state index is 0.0444. The van der Waals surface area contributed by atoms with Gasteiger partial charge >= 0.3 is 0 Å². The van der Waals surface area contributed by atoms with E-state index in [0.717, 1.165) is 5.56 Å². The quantitative estimate of drug-likeness (QED) is 0.338. The number of amides is 1. The number of Topliss-reactive ketones (excluding diaryl/α,β-unsaturated/α-hetero) is 1. The van der Waals surface area contributed by atoms with Crippen molar-refractivity contribution in [3.8, 4) is 0 Å². The Balaban J connectivity index is 1.87. The van der Waals surface area contributed by atoms with Gasteiger partial charge in [-0.25, -0.2) is 4.39 Å². The highest BCUT2D eigenvalue weighted by Crippen LogP contribution is 2.60. The molecule has 0 aromatic heterocycles. The first kappa shape index (κ1) is 29.9. The Hall–Kier alpha value is -2.03. The number of rotatable bonds is 10. The molecule has 1 spiro atoms. The van der Waals surface area contributed by atoms with Crippen molar-refractivity contribution in [1.82, 2.24) is 4.90 Å². The van der Waals surface area contributed by atoms with Gasteiger partial charge in [0.25, 0.3) is 0 Å². The van der Waals surface area contributed by atoms with Crippen LogP contribution >= 0.6 is 23.2 Å². The molecule has 39 heavy (non-hydrogen) atoms. The number of carbonyl (C=O) groups is 2. The van der Waals surface area contributed by atoms with Gasteiger partial charge in [-0.05, 0) is 54.6 Å². The number of carbonyl (C=O) groups excluding carboxylic acids is 2. The molecular formula is C30H37Cl2FN2O4. The first-order chi connectivity index (χ1) is 18.4. The van der Waals surface area contributed by atoms with Crippen LogP contribution in [0.5, 0.6) is 0 Å². The third-order valence-corrected chi connectivity index (χ3v) is 8.44. The molecule has 0 saturated carbocycles. The molecule has 2 aliphatic heterocycles. The number of hydrogen-bond donors (Lipinski definition) is 1. The van der Waals surface area contributed by atoms with Crippen molar-refractivity contribution in [3.63, 3.8) is 0 Å². The molecule has 1 amide bonds. The first-order valence-electron chi connectivity index (χ1n) is 13.3. The van der Waals surface area contributed by atoms with Crippen molar-refractivity contribution in [2.75, 3.05) is 39.3 Å². The molecular weight excluding hydrogens is 542 g/mol. The van der Waals surface area contributed by atoms with Crippen LogP contribution in [0.3, 0.4) is 0 Å². The SMILES string of the molecule is COCCOCCCC(=O)[C@H]1[C@H](c2cccc(Cl)c2F)[C@@]2(C(=O)Nc3cc(Cl)ccc32)[C@@H](CC(C)(C)C)N1C. The Bertz CT molecular complexity index is 1230. The molecule has 1 fully saturated rings. The second kappa shape index (κ2) is 11.8. The van der Waals surface area contributed by atoms with Crippen LogP contribution in [-0.4, -0.2) is 62.7 Å². The van der Waals surface area contributed by atoms with Crippen LogP contribution in [0.1, 0.15) is 57.1 Å². The van der Waals surface area contributed by atoms with Crippen LogP contribution in [0, 0.1) is 11.2 Å². The maximum atomic E-state index is 15.9. The molecule has 0 unspecified atom stereocenters. The number of likely N-dealkylation sites (N-methyl/N-ethyl adjacent to an activating group) is 1. The number of fused-ring (bicyclic) bond motifs is 2. The maximum Gasteiger partial charge on any atom is 0.237 e. The summed E-state index contributed by atoms with van der Waals surface area (Å²) in [4.78, 5) is 30.2. The van der Waals surface area contributed by atoms with Crippen LogP contribution in [0.25, 0.3) is 0 Å². The summed E-state index contributed by atoms with van der Waals surface area (Å²) in [5, 5.41) is 3.46. The lowest BCUT2D eigenvalue weighted by atomic mass is 9.62. The molecule has 2 aromatic carbocycles. The van der Waals surface area contributed by atoms with Crippen LogP contribution in [0.4, 0.5) is 10.1 Å². The van der Waals surface area contributed by atoms with Crippen LogP contribution in [0.15, 0.2) is 36.4 Å². The Labute approximate surface area is 240 Å². The summed E-state index contributed by atoms with van der Waals surface area (Å²) >= 11 is 12.6. The van der Waals surface area contributed by atoms with Gasteiger partial charge in [-0.3, -0.25) is 14.5 Å². The number of anilines is 1. The lowest BCUT2D eigenvalue weighted by Crippen LogP contribution is -2.50. The highest BCUT2D eigenvalue weighted by atomic mass is 35.5. The van der Waals surface area contributed by atoms with Gasteiger partial charge in [0.05, 0.1) is 24.3 Å². The molecule has 4 rings (SSSR count). The number of nitrogens with one attached hydrogen (secondary N) is 1. The third-order valence-electron chi connectivity index (χ3n) is 7.91. The highest BCUT2D eigenvalue weighted by molar-refractivity contribution is 6.31. The molecule has 0 bridgehead atoms. The number of nitrogens with zero attached hydrogens (tertiary/aromatic N) is 1. The van der Waals surface area contributed by atoms with Gasteiger partial charge in [0.2, 0.25) is 5.91 Å². The van der Waals surface area contributed by atoms with Crippen molar-refractivity contribution in [2.24, 2.45) is 5.41 Å². The number of ketones is 1. The van der Waals surface area contributed by atoms with Crippen molar-refractivity contribution < 1.29 is 23.5 Å². The molecule has 1 N–H and O–H groups in total. The molecule has 9 heteroatoms. The zero-order chi connectivity index (χ0) is 28.5. The largest absolute Gasteiger partial charge is 0.382 e. The highest BCUT2D eigenvalue weighted by Gasteiger charge is 2.68. The van der Waals surface area contributed by atoms with E-state index in [1.54, 1.807) is 31.4 Å². The molecule has 212 valence electrons. The van der Waals surface area contributed by atoms with E-state index in [9.17, 15) is 9.59 Å². The fraction of sp³-hybridized carbons (Fsp3) is 0.533. The van der Waals surface area contributed by atoms with E-state index < -0.39 is 29.2 Å². The van der Waals surface area contributed by atoms with E-state index in [0.29, 0.717) is 43.4 Å². The maximum absolute atomic E-state index is 15.9. The monoisotopic (exact) mass is 578 g/mol. The Kier molecular flexibility index (Phi) is 9.08. The van der Waals surface area contributed by atoms with Crippen LogP contribution < -0.4 is 5.32 Å². The summed E-state index contributed by atoms with van der Waals surface area (Å²) < 4.78 is 26.4. The summed E-state index contributed by atoms with van der Waals surface area (Å²) in [5.41, 5.74) is 0.153. The predicted octanol–water partition coefficient (Wildman–Crippen LogP) is 6.24. The van der Waals surface area contributed by atoms with E-state index >= 15 is 4.39 Å². The molecule has 0 aliphatic carbocycles. The molecule has 2 aromatic rings. The molecule has 2 heterocycles. The summed E-state index contributed by atoms with van der Waals surface area (Å²) in [7, 11) is 3.48. The zero-order valence-corrected chi connectivity index (χ0v) is 24.7. The number of benzene rings is 2. The predicted molar refractivity (Wildman–Crippen MR) is 152 cm³/mol. The van der Waals surface area contributed by atoms with E-state index in [-0.39, 0.29) is 34.1 Å². The fourth-order valence-electron chi connectivity index (χ4n) is 6.39. The minimum Gasteiger partial charge on any atom is -0.382 e. The topological polar surface area (TPSA) is 67.9 Å². The summed E-state index contributed by atoms with van der Waals surface area (Å²) in [5.74, 6) is -1.74. The van der Waals surface area contributed by atoms with Gasteiger partial charge < -0.3 is 14.8 Å². The lowest BCUT2D eigenvalue weighted by molar-refractivity contribution is -0.124. The summed E-state index contributed by atoms with van der Waals surface area (Å²) in [6, 6.07) is 8.96. The minimum atomic E-state index is -1.23. The Morgan fingerprint density at radius 1 is 1.15 bits per heavy atom. The summed E-state index contributed by atoms with van der Waals surface area (Å²) in [6.07, 6.45) is 1.34. The summed E-state index contributed by atoms with van der Waals surface area (Å²) in [6.45, 7) is 7.63. The molecule has 2 aliphatic rings. The Morgan fingerprint density at radius 2 is 1.90 bits per heavy atom. The van der Waals surface area contributed by atoms with Crippen molar-refractivity contribution in [2.45, 2.75) is 63.5 Å². The van der Waals surface area contributed by atoms with E-state index in [1.807, 2.05) is 18.0 Å². The first-order valence-corrected chi connectivity index (χ1v) is 14.1. The van der Waals surface area contributed by atoms with Gasteiger partial charge in [-0.15, -0.1) is 0 Å². The molecule has 0 radical (unpaired) electrons. The van der Waals surface area contributed by atoms with E-state index in [1.165, 1.54) is 6.07 Å². The number of methoxy groups -OCH3 is 1. The fourth-order valence-corrected chi connectivity index (χ4v) is 6.74. The molecule has 1 saturated heterocycles. The lowest BCUT2D eigenvalue weighted by Gasteiger charge is -2.39. The van der Waals surface area contributed by atoms with Gasteiger partial charge in [0.1, 0.15) is 11.2 Å². The van der Waals surface area contributed by atoms with E-state index in [2.05, 4.69) is 26.1 Å². The third kappa shape index (κ3) is 5.62. The average molecular weight is 580 g/mol. The second-order valence-corrected chi connectivity index (χ2v) is 12.5. The van der Waals surface area contributed by atoms with Crippen molar-refractivity contribution in [3.05, 3.63) is 63.4 Å². The van der Waals surface area contributed by atoms with E-state index in [4.69, 9.17) is 32.7 Å². The van der Waals surface area contributed by atoms with Gasteiger partial charge in [0, 0.05) is 42.8 Å². The number of ether oxygens (including phenoxy) is 2. The molecule has 4 atom stereocenters. The van der Waals surface area contributed by atoms with Crippen molar-refractivity contribution >= 4 is 40.6 Å². The normalized spacial score (nSPS) is 24.8. The van der Waals surface area contributed by atoms with Crippen molar-refractivity contribution in [1.29, 1.82) is 0 Å². The zero-order valence-electron chi connectivity index (χ0n) is 23.2.